The Morgan fingerprint density at radius 1 is 1.42 bits per heavy atom. The molecule has 0 spiro atoms. The minimum absolute atomic E-state index is 0.236. The van der Waals surface area contributed by atoms with Crippen LogP contribution < -0.4 is 11.1 Å². The van der Waals surface area contributed by atoms with Crippen molar-refractivity contribution in [3.63, 3.8) is 0 Å². The quantitative estimate of drug-likeness (QED) is 0.632. The summed E-state index contributed by atoms with van der Waals surface area (Å²) < 4.78 is 15.0. The number of hydrogen-bond donors (Lipinski definition) is 2. The first-order valence-electron chi connectivity index (χ1n) is 5.95. The van der Waals surface area contributed by atoms with E-state index >= 15 is 0 Å². The van der Waals surface area contributed by atoms with Crippen molar-refractivity contribution < 1.29 is 9.18 Å². The molecule has 0 bridgehead atoms. The van der Waals surface area contributed by atoms with Gasteiger partial charge in [0.2, 0.25) is 0 Å². The molecule has 1 amide bonds. The molecule has 0 aliphatic rings. The molecule has 0 unspecified atom stereocenters. The van der Waals surface area contributed by atoms with Crippen LogP contribution in [0.15, 0.2) is 36.9 Å². The van der Waals surface area contributed by atoms with E-state index in [1.807, 2.05) is 10.8 Å². The van der Waals surface area contributed by atoms with E-state index in [2.05, 4.69) is 10.3 Å². The second-order valence-electron chi connectivity index (χ2n) is 4.18. The maximum absolute atomic E-state index is 13.1. The van der Waals surface area contributed by atoms with Crippen molar-refractivity contribution in [1.29, 1.82) is 0 Å². The van der Waals surface area contributed by atoms with E-state index in [0.29, 0.717) is 6.54 Å². The van der Waals surface area contributed by atoms with Gasteiger partial charge in [0.05, 0.1) is 6.33 Å². The molecule has 100 valence electrons. The molecule has 2 aromatic rings. The highest BCUT2D eigenvalue weighted by molar-refractivity contribution is 5.95. The number of aromatic nitrogens is 2. The maximum Gasteiger partial charge on any atom is 0.251 e. The lowest BCUT2D eigenvalue weighted by Crippen LogP contribution is -2.25. The fourth-order valence-electron chi connectivity index (χ4n) is 1.73. The molecule has 1 aromatic carbocycles. The number of halogens is 1. The van der Waals surface area contributed by atoms with Gasteiger partial charge in [0.1, 0.15) is 5.82 Å². The van der Waals surface area contributed by atoms with Gasteiger partial charge in [-0.15, -0.1) is 0 Å². The van der Waals surface area contributed by atoms with E-state index in [1.165, 1.54) is 18.2 Å². The summed E-state index contributed by atoms with van der Waals surface area (Å²) in [7, 11) is 0. The third-order valence-electron chi connectivity index (χ3n) is 2.62. The topological polar surface area (TPSA) is 72.9 Å². The number of nitrogens with two attached hydrogens (primary N) is 1. The van der Waals surface area contributed by atoms with Crippen LogP contribution in [0.25, 0.3) is 0 Å². The number of rotatable bonds is 5. The van der Waals surface area contributed by atoms with Gasteiger partial charge in [-0.3, -0.25) is 4.79 Å². The molecule has 0 aliphatic heterocycles. The number of aryl methyl sites for hydroxylation is 1. The molecule has 0 atom stereocenters. The zero-order valence-corrected chi connectivity index (χ0v) is 10.3. The minimum atomic E-state index is -0.511. The highest BCUT2D eigenvalue weighted by Crippen LogP contribution is 2.10. The zero-order valence-electron chi connectivity index (χ0n) is 10.3. The first-order chi connectivity index (χ1) is 9.15. The highest BCUT2D eigenvalue weighted by atomic mass is 19.1. The Labute approximate surface area is 110 Å². The van der Waals surface area contributed by atoms with Crippen LogP contribution in [0, 0.1) is 5.82 Å². The SMILES string of the molecule is Nc1cc(F)cc(C(=O)NCCCn2ccnc2)c1. The Balaban J connectivity index is 1.80. The maximum atomic E-state index is 13.1. The third-order valence-corrected chi connectivity index (χ3v) is 2.62. The van der Waals surface area contributed by atoms with Crippen molar-refractivity contribution in [3.8, 4) is 0 Å². The highest BCUT2D eigenvalue weighted by Gasteiger charge is 2.07. The summed E-state index contributed by atoms with van der Waals surface area (Å²) in [5, 5.41) is 2.72. The molecule has 0 fully saturated rings. The number of amides is 1. The summed E-state index contributed by atoms with van der Waals surface area (Å²) in [5.74, 6) is -0.833. The van der Waals surface area contributed by atoms with Gasteiger partial charge in [0.15, 0.2) is 0 Å². The molecule has 3 N–H and O–H groups in total. The lowest BCUT2D eigenvalue weighted by molar-refractivity contribution is 0.0952. The predicted molar refractivity (Wildman–Crippen MR) is 70.0 cm³/mol. The number of benzene rings is 1. The Morgan fingerprint density at radius 3 is 2.95 bits per heavy atom. The summed E-state index contributed by atoms with van der Waals surface area (Å²) in [4.78, 5) is 15.7. The number of hydrogen-bond acceptors (Lipinski definition) is 3. The molecule has 0 radical (unpaired) electrons. The molecular weight excluding hydrogens is 247 g/mol. The van der Waals surface area contributed by atoms with E-state index in [4.69, 9.17) is 5.73 Å². The Kier molecular flexibility index (Phi) is 4.12. The molecule has 6 heteroatoms. The average molecular weight is 262 g/mol. The molecular formula is C13H15FN4O. The number of nitrogens with one attached hydrogen (secondary N) is 1. The summed E-state index contributed by atoms with van der Waals surface area (Å²) in [6, 6.07) is 3.80. The van der Waals surface area contributed by atoms with Gasteiger partial charge in [-0.2, -0.15) is 0 Å². The summed E-state index contributed by atoms with van der Waals surface area (Å²) >= 11 is 0. The Hall–Kier alpha value is -2.37. The average Bonchev–Trinajstić information content (AvgIpc) is 2.86. The second kappa shape index (κ2) is 5.99. The molecule has 0 aliphatic carbocycles. The van der Waals surface area contributed by atoms with Crippen LogP contribution >= 0.6 is 0 Å². The van der Waals surface area contributed by atoms with Crippen LogP contribution in [-0.4, -0.2) is 22.0 Å². The van der Waals surface area contributed by atoms with Gasteiger partial charge in [-0.05, 0) is 24.6 Å². The van der Waals surface area contributed by atoms with Crippen LogP contribution in [0.4, 0.5) is 10.1 Å². The summed E-state index contributed by atoms with van der Waals surface area (Å²) in [6.45, 7) is 1.28. The molecule has 1 heterocycles. The molecule has 5 nitrogen and oxygen atoms in total. The van der Waals surface area contributed by atoms with Gasteiger partial charge >= 0.3 is 0 Å². The van der Waals surface area contributed by atoms with E-state index in [1.54, 1.807) is 12.5 Å². The number of imidazole rings is 1. The van der Waals surface area contributed by atoms with E-state index < -0.39 is 5.82 Å². The van der Waals surface area contributed by atoms with Gasteiger partial charge in [-0.1, -0.05) is 0 Å². The first-order valence-corrected chi connectivity index (χ1v) is 5.95. The summed E-state index contributed by atoms with van der Waals surface area (Å²) in [5.41, 5.74) is 5.96. The zero-order chi connectivity index (χ0) is 13.7. The Morgan fingerprint density at radius 2 is 2.26 bits per heavy atom. The van der Waals surface area contributed by atoms with Crippen LogP contribution in [0.2, 0.25) is 0 Å². The van der Waals surface area contributed by atoms with Crippen molar-refractivity contribution in [3.05, 3.63) is 48.3 Å². The van der Waals surface area contributed by atoms with Crippen LogP contribution in [0.5, 0.6) is 0 Å². The van der Waals surface area contributed by atoms with Crippen molar-refractivity contribution in [2.75, 3.05) is 12.3 Å². The van der Waals surface area contributed by atoms with Crippen molar-refractivity contribution >= 4 is 11.6 Å². The molecule has 1 aromatic heterocycles. The van der Waals surface area contributed by atoms with Gasteiger partial charge < -0.3 is 15.6 Å². The van der Waals surface area contributed by atoms with Gasteiger partial charge in [-0.25, -0.2) is 9.37 Å². The fraction of sp³-hybridized carbons (Fsp3) is 0.231. The number of nitrogens with zero attached hydrogens (tertiary/aromatic N) is 2. The van der Waals surface area contributed by atoms with Crippen LogP contribution in [-0.2, 0) is 6.54 Å². The predicted octanol–water partition coefficient (Wildman–Crippen LogP) is 1.42. The molecule has 0 saturated heterocycles. The van der Waals surface area contributed by atoms with Crippen molar-refractivity contribution in [1.82, 2.24) is 14.9 Å². The molecule has 2 rings (SSSR count). The van der Waals surface area contributed by atoms with Crippen LogP contribution in [0.3, 0.4) is 0 Å². The number of anilines is 1. The minimum Gasteiger partial charge on any atom is -0.399 e. The number of carbonyl (C=O) groups excluding carboxylic acids is 1. The number of carbonyl (C=O) groups is 1. The van der Waals surface area contributed by atoms with E-state index in [-0.39, 0.29) is 17.2 Å². The Bertz CT molecular complexity index is 534. The monoisotopic (exact) mass is 262 g/mol. The smallest absolute Gasteiger partial charge is 0.251 e. The number of nitrogen functional groups attached to an aromatic ring is 1. The fourth-order valence-corrected chi connectivity index (χ4v) is 1.73. The lowest BCUT2D eigenvalue weighted by atomic mass is 10.2. The van der Waals surface area contributed by atoms with E-state index in [9.17, 15) is 9.18 Å². The van der Waals surface area contributed by atoms with Crippen molar-refractivity contribution in [2.45, 2.75) is 13.0 Å². The molecule has 0 saturated carbocycles. The van der Waals surface area contributed by atoms with Gasteiger partial charge in [0.25, 0.3) is 5.91 Å². The second-order valence-corrected chi connectivity index (χ2v) is 4.18. The molecule has 19 heavy (non-hydrogen) atoms. The van der Waals surface area contributed by atoms with E-state index in [0.717, 1.165) is 13.0 Å². The lowest BCUT2D eigenvalue weighted by Gasteiger charge is -2.06. The first kappa shape index (κ1) is 13.1. The van der Waals surface area contributed by atoms with Crippen LogP contribution in [0.1, 0.15) is 16.8 Å². The third kappa shape index (κ3) is 3.80. The largest absolute Gasteiger partial charge is 0.399 e. The van der Waals surface area contributed by atoms with Gasteiger partial charge in [0, 0.05) is 36.7 Å². The van der Waals surface area contributed by atoms with Crippen molar-refractivity contribution in [2.24, 2.45) is 0 Å². The summed E-state index contributed by atoms with van der Waals surface area (Å²) in [6.07, 6.45) is 6.05. The standard InChI is InChI=1S/C13H15FN4O/c14-11-6-10(7-12(15)8-11)13(19)17-2-1-4-18-5-3-16-9-18/h3,5-9H,1-2,4,15H2,(H,17,19). The normalized spacial score (nSPS) is 10.4.